The van der Waals surface area contributed by atoms with Crippen molar-refractivity contribution in [2.45, 2.75) is 25.9 Å². The van der Waals surface area contributed by atoms with Crippen molar-refractivity contribution in [2.75, 3.05) is 18.5 Å². The van der Waals surface area contributed by atoms with Gasteiger partial charge in [0.25, 0.3) is 0 Å². The second-order valence-electron chi connectivity index (χ2n) is 4.44. The molecule has 5 nitrogen and oxygen atoms in total. The van der Waals surface area contributed by atoms with Gasteiger partial charge in [-0.15, -0.1) is 0 Å². The van der Waals surface area contributed by atoms with E-state index < -0.39 is 0 Å². The first-order valence-corrected chi connectivity index (χ1v) is 6.26. The molecule has 1 heterocycles. The van der Waals surface area contributed by atoms with E-state index >= 15 is 0 Å². The molecular formula is C13H18N2O3. The van der Waals surface area contributed by atoms with Gasteiger partial charge in [-0.2, -0.15) is 0 Å². The summed E-state index contributed by atoms with van der Waals surface area (Å²) in [6, 6.07) is 3.38. The van der Waals surface area contributed by atoms with Crippen molar-refractivity contribution >= 4 is 11.8 Å². The molecule has 1 aromatic heterocycles. The van der Waals surface area contributed by atoms with Crippen molar-refractivity contribution < 1.29 is 14.6 Å². The number of rotatable bonds is 6. The average molecular weight is 250 g/mol. The molecule has 18 heavy (non-hydrogen) atoms. The number of esters is 1. The Kier molecular flexibility index (Phi) is 4.15. The van der Waals surface area contributed by atoms with E-state index in [0.717, 1.165) is 12.8 Å². The van der Waals surface area contributed by atoms with E-state index in [4.69, 9.17) is 4.74 Å². The lowest BCUT2D eigenvalue weighted by atomic mass is 10.2. The molecular weight excluding hydrogens is 232 g/mol. The maximum atomic E-state index is 11.4. The molecule has 1 fully saturated rings. The van der Waals surface area contributed by atoms with E-state index in [-0.39, 0.29) is 12.1 Å². The number of carbonyl (C=O) groups is 1. The van der Waals surface area contributed by atoms with Crippen LogP contribution in [-0.4, -0.2) is 35.3 Å². The largest absolute Gasteiger partial charge is 0.462 e. The highest BCUT2D eigenvalue weighted by Gasteiger charge is 2.29. The Bertz CT molecular complexity index is 401. The number of carbonyl (C=O) groups excluding carboxylic acids is 1. The van der Waals surface area contributed by atoms with Gasteiger partial charge in [0.2, 0.25) is 0 Å². The van der Waals surface area contributed by atoms with Crippen molar-refractivity contribution in [2.24, 2.45) is 5.92 Å². The van der Waals surface area contributed by atoms with Crippen molar-refractivity contribution in [1.29, 1.82) is 0 Å². The summed E-state index contributed by atoms with van der Waals surface area (Å²) in [5.41, 5.74) is 0.435. The summed E-state index contributed by atoms with van der Waals surface area (Å²) in [7, 11) is 0. The van der Waals surface area contributed by atoms with Gasteiger partial charge in [0.15, 0.2) is 0 Å². The van der Waals surface area contributed by atoms with Crippen LogP contribution in [0.5, 0.6) is 0 Å². The quantitative estimate of drug-likeness (QED) is 0.747. The molecule has 0 aliphatic heterocycles. The number of nitrogens with one attached hydrogen (secondary N) is 1. The number of hydrogen-bond acceptors (Lipinski definition) is 5. The van der Waals surface area contributed by atoms with E-state index in [1.54, 1.807) is 19.1 Å². The van der Waals surface area contributed by atoms with Gasteiger partial charge in [0, 0.05) is 12.7 Å². The number of hydrogen-bond donors (Lipinski definition) is 2. The fourth-order valence-electron chi connectivity index (χ4n) is 1.69. The molecule has 5 heteroatoms. The fourth-order valence-corrected chi connectivity index (χ4v) is 1.69. The Morgan fingerprint density at radius 3 is 2.94 bits per heavy atom. The first-order chi connectivity index (χ1) is 8.70. The van der Waals surface area contributed by atoms with Crippen LogP contribution in [-0.2, 0) is 4.74 Å². The van der Waals surface area contributed by atoms with Crippen LogP contribution in [0.25, 0.3) is 0 Å². The van der Waals surface area contributed by atoms with Crippen molar-refractivity contribution in [3.8, 4) is 0 Å². The van der Waals surface area contributed by atoms with E-state index in [1.165, 1.54) is 6.20 Å². The zero-order chi connectivity index (χ0) is 13.0. The molecule has 0 spiro atoms. The van der Waals surface area contributed by atoms with Gasteiger partial charge in [0.05, 0.1) is 18.3 Å². The fraction of sp³-hybridized carbons (Fsp3) is 0.538. The van der Waals surface area contributed by atoms with Crippen molar-refractivity contribution in [3.05, 3.63) is 23.9 Å². The molecule has 0 bridgehead atoms. The second-order valence-corrected chi connectivity index (χ2v) is 4.44. The molecule has 0 radical (unpaired) electrons. The van der Waals surface area contributed by atoms with Gasteiger partial charge >= 0.3 is 5.97 Å². The number of anilines is 1. The molecule has 1 aliphatic carbocycles. The minimum Gasteiger partial charge on any atom is -0.462 e. The highest BCUT2D eigenvalue weighted by Crippen LogP contribution is 2.32. The van der Waals surface area contributed by atoms with E-state index in [0.29, 0.717) is 30.5 Å². The number of aliphatic hydroxyl groups excluding tert-OH is 1. The number of ether oxygens (including phenoxy) is 1. The Labute approximate surface area is 106 Å². The number of nitrogens with zero attached hydrogens (tertiary/aromatic N) is 1. The van der Waals surface area contributed by atoms with Gasteiger partial charge in [-0.3, -0.25) is 0 Å². The average Bonchev–Trinajstić information content (AvgIpc) is 3.21. The summed E-state index contributed by atoms with van der Waals surface area (Å²) in [6.45, 7) is 2.61. The third kappa shape index (κ3) is 3.43. The van der Waals surface area contributed by atoms with E-state index in [1.807, 2.05) is 0 Å². The van der Waals surface area contributed by atoms with Crippen molar-refractivity contribution in [3.63, 3.8) is 0 Å². The molecule has 2 rings (SSSR count). The zero-order valence-electron chi connectivity index (χ0n) is 10.4. The molecule has 98 valence electrons. The van der Waals surface area contributed by atoms with E-state index in [9.17, 15) is 9.90 Å². The topological polar surface area (TPSA) is 71.5 Å². The highest BCUT2D eigenvalue weighted by atomic mass is 16.5. The number of aliphatic hydroxyl groups is 1. The number of aromatic nitrogens is 1. The van der Waals surface area contributed by atoms with Gasteiger partial charge in [-0.05, 0) is 37.8 Å². The Morgan fingerprint density at radius 1 is 1.61 bits per heavy atom. The molecule has 1 unspecified atom stereocenters. The Hall–Kier alpha value is -1.62. The standard InChI is InChI=1S/C13H18N2O3/c1-2-18-13(17)10-5-6-12(14-7-10)15-8-11(16)9-3-4-9/h5-7,9,11,16H,2-4,8H2,1H3,(H,14,15). The molecule has 0 saturated heterocycles. The SMILES string of the molecule is CCOC(=O)c1ccc(NCC(O)C2CC2)nc1. The summed E-state index contributed by atoms with van der Waals surface area (Å²) >= 11 is 0. The molecule has 0 amide bonds. The van der Waals surface area contributed by atoms with Gasteiger partial charge in [0.1, 0.15) is 5.82 Å². The predicted molar refractivity (Wildman–Crippen MR) is 67.4 cm³/mol. The van der Waals surface area contributed by atoms with Crippen LogP contribution in [0.3, 0.4) is 0 Å². The third-order valence-corrected chi connectivity index (χ3v) is 2.93. The predicted octanol–water partition coefficient (Wildman–Crippen LogP) is 1.44. The Balaban J connectivity index is 1.84. The normalized spacial score (nSPS) is 16.1. The molecule has 2 N–H and O–H groups in total. The summed E-state index contributed by atoms with van der Waals surface area (Å²) in [6.07, 6.45) is 3.39. The van der Waals surface area contributed by atoms with Gasteiger partial charge in [-0.1, -0.05) is 0 Å². The van der Waals surface area contributed by atoms with Crippen LogP contribution in [0, 0.1) is 5.92 Å². The van der Waals surface area contributed by atoms with E-state index in [2.05, 4.69) is 10.3 Å². The number of pyridine rings is 1. The van der Waals surface area contributed by atoms with Crippen LogP contribution in [0.15, 0.2) is 18.3 Å². The first kappa shape index (κ1) is 12.8. The smallest absolute Gasteiger partial charge is 0.339 e. The minimum absolute atomic E-state index is 0.309. The second kappa shape index (κ2) is 5.82. The summed E-state index contributed by atoms with van der Waals surface area (Å²) < 4.78 is 4.87. The lowest BCUT2D eigenvalue weighted by molar-refractivity contribution is 0.0526. The van der Waals surface area contributed by atoms with Crippen LogP contribution in [0.2, 0.25) is 0 Å². The summed E-state index contributed by atoms with van der Waals surface area (Å²) in [5.74, 6) is 0.730. The van der Waals surface area contributed by atoms with Crippen LogP contribution in [0.1, 0.15) is 30.1 Å². The molecule has 1 aromatic rings. The molecule has 1 aliphatic rings. The van der Waals surface area contributed by atoms with Crippen LogP contribution in [0.4, 0.5) is 5.82 Å². The van der Waals surface area contributed by atoms with Crippen LogP contribution < -0.4 is 5.32 Å². The molecule has 1 saturated carbocycles. The summed E-state index contributed by atoms with van der Waals surface area (Å²) in [5, 5.41) is 12.7. The van der Waals surface area contributed by atoms with Gasteiger partial charge in [-0.25, -0.2) is 9.78 Å². The highest BCUT2D eigenvalue weighted by molar-refractivity contribution is 5.89. The lowest BCUT2D eigenvalue weighted by Gasteiger charge is -2.11. The zero-order valence-corrected chi connectivity index (χ0v) is 10.4. The molecule has 0 aromatic carbocycles. The van der Waals surface area contributed by atoms with Gasteiger partial charge < -0.3 is 15.2 Å². The first-order valence-electron chi connectivity index (χ1n) is 6.26. The third-order valence-electron chi connectivity index (χ3n) is 2.93. The maximum absolute atomic E-state index is 11.4. The monoisotopic (exact) mass is 250 g/mol. The lowest BCUT2D eigenvalue weighted by Crippen LogP contribution is -2.21. The van der Waals surface area contributed by atoms with Crippen molar-refractivity contribution in [1.82, 2.24) is 4.98 Å². The Morgan fingerprint density at radius 2 is 2.39 bits per heavy atom. The van der Waals surface area contributed by atoms with Crippen LogP contribution >= 0.6 is 0 Å². The molecule has 1 atom stereocenters. The minimum atomic E-state index is -0.366. The summed E-state index contributed by atoms with van der Waals surface area (Å²) in [4.78, 5) is 15.5. The maximum Gasteiger partial charge on any atom is 0.339 e.